The summed E-state index contributed by atoms with van der Waals surface area (Å²) in [5.74, 6) is 0. The van der Waals surface area contributed by atoms with Crippen LogP contribution in [0.3, 0.4) is 0 Å². The van der Waals surface area contributed by atoms with Crippen LogP contribution in [0.1, 0.15) is 0 Å². The summed E-state index contributed by atoms with van der Waals surface area (Å²) in [6.07, 6.45) is 1.98. The Bertz CT molecular complexity index is 641. The first-order valence-corrected chi connectivity index (χ1v) is 5.52. The minimum Gasteiger partial charge on any atom is -0.397 e. The first kappa shape index (κ1) is 9.78. The first-order valence-electron chi connectivity index (χ1n) is 5.52. The molecule has 0 aliphatic heterocycles. The molecule has 0 aliphatic carbocycles. The third kappa shape index (κ3) is 1.72. The molecule has 3 N–H and O–H groups in total. The summed E-state index contributed by atoms with van der Waals surface area (Å²) in [6.45, 7) is 0. The lowest BCUT2D eigenvalue weighted by atomic mass is 10.2. The molecule has 0 radical (unpaired) electrons. The van der Waals surface area contributed by atoms with Crippen molar-refractivity contribution in [3.8, 4) is 0 Å². The number of nitrogens with two attached hydrogens (primary N) is 1. The molecule has 3 rings (SSSR count). The van der Waals surface area contributed by atoms with Crippen LogP contribution in [0.15, 0.2) is 60.8 Å². The molecule has 17 heavy (non-hydrogen) atoms. The number of nitrogens with one attached hydrogen (secondary N) is 1. The molecular formula is C14H13N3. The second kappa shape index (κ2) is 3.87. The molecule has 3 heteroatoms. The van der Waals surface area contributed by atoms with Gasteiger partial charge in [-0.05, 0) is 24.3 Å². The van der Waals surface area contributed by atoms with Gasteiger partial charge in [0.15, 0.2) is 0 Å². The molecule has 0 bridgehead atoms. The average Bonchev–Trinajstić information content (AvgIpc) is 2.75. The zero-order valence-electron chi connectivity index (χ0n) is 9.30. The maximum Gasteiger partial charge on any atom is 0.0925 e. The molecule has 2 aromatic carbocycles. The summed E-state index contributed by atoms with van der Waals surface area (Å²) in [6, 6.07) is 18.0. The highest BCUT2D eigenvalue weighted by atomic mass is 15.4. The Kier molecular flexibility index (Phi) is 2.22. The van der Waals surface area contributed by atoms with Crippen molar-refractivity contribution >= 4 is 22.3 Å². The number of aromatic nitrogens is 1. The van der Waals surface area contributed by atoms with E-state index in [-0.39, 0.29) is 0 Å². The van der Waals surface area contributed by atoms with Crippen LogP contribution < -0.4 is 11.2 Å². The van der Waals surface area contributed by atoms with Crippen molar-refractivity contribution < 1.29 is 0 Å². The van der Waals surface area contributed by atoms with Crippen LogP contribution in [0.5, 0.6) is 0 Å². The van der Waals surface area contributed by atoms with Gasteiger partial charge in [-0.3, -0.25) is 10.1 Å². The maximum absolute atomic E-state index is 5.99. The number of hydrogen-bond acceptors (Lipinski definition) is 2. The lowest BCUT2D eigenvalue weighted by molar-refractivity contribution is 1.01. The van der Waals surface area contributed by atoms with E-state index in [0.717, 1.165) is 22.3 Å². The Hall–Kier alpha value is -2.42. The van der Waals surface area contributed by atoms with Crippen LogP contribution in [-0.2, 0) is 0 Å². The lowest BCUT2D eigenvalue weighted by Crippen LogP contribution is -2.08. The molecule has 1 heterocycles. The average molecular weight is 223 g/mol. The fourth-order valence-electron chi connectivity index (χ4n) is 1.97. The van der Waals surface area contributed by atoms with E-state index in [1.54, 1.807) is 0 Å². The van der Waals surface area contributed by atoms with Crippen LogP contribution in [0.2, 0.25) is 0 Å². The van der Waals surface area contributed by atoms with E-state index >= 15 is 0 Å². The monoisotopic (exact) mass is 223 g/mol. The molecule has 84 valence electrons. The summed E-state index contributed by atoms with van der Waals surface area (Å²) < 4.78 is 1.94. The second-order valence-corrected chi connectivity index (χ2v) is 3.95. The molecule has 0 saturated carbocycles. The van der Waals surface area contributed by atoms with Crippen LogP contribution in [0.4, 0.5) is 11.4 Å². The third-order valence-corrected chi connectivity index (χ3v) is 2.77. The topological polar surface area (TPSA) is 43.0 Å². The minimum atomic E-state index is 0.774. The second-order valence-electron chi connectivity index (χ2n) is 3.95. The normalized spacial score (nSPS) is 10.6. The van der Waals surface area contributed by atoms with Crippen LogP contribution in [-0.4, -0.2) is 4.68 Å². The predicted molar refractivity (Wildman–Crippen MR) is 71.8 cm³/mol. The van der Waals surface area contributed by atoms with E-state index in [0.29, 0.717) is 0 Å². The largest absolute Gasteiger partial charge is 0.397 e. The Morgan fingerprint density at radius 2 is 1.71 bits per heavy atom. The molecular weight excluding hydrogens is 210 g/mol. The van der Waals surface area contributed by atoms with Crippen LogP contribution in [0.25, 0.3) is 10.9 Å². The van der Waals surface area contributed by atoms with Gasteiger partial charge < -0.3 is 5.73 Å². The molecule has 3 nitrogen and oxygen atoms in total. The van der Waals surface area contributed by atoms with Gasteiger partial charge in [0, 0.05) is 11.6 Å². The van der Waals surface area contributed by atoms with E-state index in [4.69, 9.17) is 5.73 Å². The standard InChI is InChI=1S/C14H13N3/c15-13-8-4-5-11-9-10-17(14(11)13)16-12-6-2-1-3-7-12/h1-10,16H,15H2. The molecule has 0 atom stereocenters. The van der Waals surface area contributed by atoms with Gasteiger partial charge in [0.1, 0.15) is 0 Å². The minimum absolute atomic E-state index is 0.774. The first-order chi connectivity index (χ1) is 8.34. The summed E-state index contributed by atoms with van der Waals surface area (Å²) in [5, 5.41) is 1.13. The van der Waals surface area contributed by atoms with Gasteiger partial charge in [0.25, 0.3) is 0 Å². The van der Waals surface area contributed by atoms with Crippen molar-refractivity contribution in [1.29, 1.82) is 0 Å². The van der Waals surface area contributed by atoms with Gasteiger partial charge >= 0.3 is 0 Å². The maximum atomic E-state index is 5.99. The van der Waals surface area contributed by atoms with E-state index in [2.05, 4.69) is 11.5 Å². The van der Waals surface area contributed by atoms with E-state index in [9.17, 15) is 0 Å². The molecule has 1 aromatic heterocycles. The number of nitrogens with zero attached hydrogens (tertiary/aromatic N) is 1. The highest BCUT2D eigenvalue weighted by Gasteiger charge is 2.03. The Balaban J connectivity index is 2.07. The molecule has 0 unspecified atom stereocenters. The van der Waals surface area contributed by atoms with Crippen molar-refractivity contribution in [3.63, 3.8) is 0 Å². The zero-order chi connectivity index (χ0) is 11.7. The molecule has 3 aromatic rings. The SMILES string of the molecule is Nc1cccc2ccn(Nc3ccccc3)c12. The van der Waals surface area contributed by atoms with Crippen molar-refractivity contribution in [3.05, 3.63) is 60.8 Å². The quantitative estimate of drug-likeness (QED) is 0.655. The highest BCUT2D eigenvalue weighted by molar-refractivity contribution is 5.91. The van der Waals surface area contributed by atoms with Crippen molar-refractivity contribution in [2.24, 2.45) is 0 Å². The molecule has 0 amide bonds. The van der Waals surface area contributed by atoms with Crippen LogP contribution >= 0.6 is 0 Å². The van der Waals surface area contributed by atoms with Crippen molar-refractivity contribution in [2.45, 2.75) is 0 Å². The Morgan fingerprint density at radius 3 is 2.53 bits per heavy atom. The number of anilines is 2. The number of fused-ring (bicyclic) bond motifs is 1. The highest BCUT2D eigenvalue weighted by Crippen LogP contribution is 2.22. The Morgan fingerprint density at radius 1 is 0.882 bits per heavy atom. The van der Waals surface area contributed by atoms with Crippen molar-refractivity contribution in [1.82, 2.24) is 4.68 Å². The van der Waals surface area contributed by atoms with Crippen molar-refractivity contribution in [2.75, 3.05) is 11.2 Å². The molecule has 0 spiro atoms. The number of nitrogen functional groups attached to an aromatic ring is 1. The van der Waals surface area contributed by atoms with E-state index in [1.807, 2.05) is 59.4 Å². The number of rotatable bonds is 2. The lowest BCUT2D eigenvalue weighted by Gasteiger charge is -2.10. The van der Waals surface area contributed by atoms with Crippen LogP contribution in [0, 0.1) is 0 Å². The Labute approximate surface area is 99.4 Å². The third-order valence-electron chi connectivity index (χ3n) is 2.77. The van der Waals surface area contributed by atoms with E-state index in [1.165, 1.54) is 0 Å². The van der Waals surface area contributed by atoms with Gasteiger partial charge in [-0.15, -0.1) is 0 Å². The fourth-order valence-corrected chi connectivity index (χ4v) is 1.97. The molecule has 0 aliphatic rings. The number of para-hydroxylation sites is 2. The predicted octanol–water partition coefficient (Wildman–Crippen LogP) is 3.10. The zero-order valence-corrected chi connectivity index (χ0v) is 9.30. The summed E-state index contributed by atoms with van der Waals surface area (Å²) in [7, 11) is 0. The van der Waals surface area contributed by atoms with E-state index < -0.39 is 0 Å². The van der Waals surface area contributed by atoms with Gasteiger partial charge in [0.2, 0.25) is 0 Å². The smallest absolute Gasteiger partial charge is 0.0925 e. The summed E-state index contributed by atoms with van der Waals surface area (Å²) in [5.41, 5.74) is 12.1. The number of hydrogen-bond donors (Lipinski definition) is 2. The van der Waals surface area contributed by atoms with Gasteiger partial charge in [-0.25, -0.2) is 0 Å². The van der Waals surface area contributed by atoms with Gasteiger partial charge in [-0.1, -0.05) is 30.3 Å². The fraction of sp³-hybridized carbons (Fsp3) is 0. The summed E-state index contributed by atoms with van der Waals surface area (Å²) in [4.78, 5) is 0. The molecule has 0 fully saturated rings. The molecule has 0 saturated heterocycles. The number of benzene rings is 2. The summed E-state index contributed by atoms with van der Waals surface area (Å²) >= 11 is 0. The van der Waals surface area contributed by atoms with Gasteiger partial charge in [-0.2, -0.15) is 0 Å². The van der Waals surface area contributed by atoms with Gasteiger partial charge in [0.05, 0.1) is 16.9 Å².